The Morgan fingerprint density at radius 1 is 0.437 bits per heavy atom. The largest absolute Gasteiger partial charge is 0.472 e. The molecule has 8 nitrogen and oxygen atoms in total. The Labute approximate surface area is 440 Å². The summed E-state index contributed by atoms with van der Waals surface area (Å²) in [6.45, 7) is 5.63. The van der Waals surface area contributed by atoms with Crippen LogP contribution in [-0.4, -0.2) is 75.6 Å². The highest BCUT2D eigenvalue weighted by Crippen LogP contribution is 2.43. The summed E-state index contributed by atoms with van der Waals surface area (Å²) in [6, 6.07) is 0. The Morgan fingerprint density at radius 3 is 1.15 bits per heavy atom. The lowest BCUT2D eigenvalue weighted by Gasteiger charge is -2.24. The van der Waals surface area contributed by atoms with Gasteiger partial charge in [-0.15, -0.1) is 0 Å². The zero-order valence-electron chi connectivity index (χ0n) is 47.5. The average molecular weight is 1020 g/mol. The first-order valence-corrected chi connectivity index (χ1v) is 31.5. The summed E-state index contributed by atoms with van der Waals surface area (Å²) in [5.41, 5.74) is 0. The van der Waals surface area contributed by atoms with Crippen LogP contribution in [0.3, 0.4) is 0 Å². The van der Waals surface area contributed by atoms with Crippen molar-refractivity contribution in [3.63, 3.8) is 0 Å². The standard InChI is InChI=1S/C62H116NO7P/c1-6-8-10-12-14-16-18-20-22-24-26-28-30-31-32-34-36-38-40-42-44-46-48-50-52-54-57-67-59-61(60-69-71(65,66)68-58-56-63(3,4)5)70-62(64)55-53-51-49-47-45-43-41-39-37-35-33-29-27-25-23-21-19-17-15-13-11-9-7-2/h18-21,24-27,30-31,61H,6-17,22-23,28-29,32-60H2,1-5H3/p+1/b20-18-,21-19-,26-24-,27-25-,31-30-. The number of hydrogen-bond acceptors (Lipinski definition) is 6. The first kappa shape index (κ1) is 69.2. The molecule has 0 aromatic heterocycles. The Morgan fingerprint density at radius 2 is 0.775 bits per heavy atom. The summed E-state index contributed by atoms with van der Waals surface area (Å²) in [4.78, 5) is 23.1. The maximum Gasteiger partial charge on any atom is 0.472 e. The van der Waals surface area contributed by atoms with Crippen LogP contribution >= 0.6 is 7.82 Å². The lowest BCUT2D eigenvalue weighted by atomic mass is 10.0. The van der Waals surface area contributed by atoms with E-state index in [0.29, 0.717) is 24.1 Å². The van der Waals surface area contributed by atoms with Gasteiger partial charge in [0.05, 0.1) is 34.4 Å². The topological polar surface area (TPSA) is 91.3 Å². The number of unbranched alkanes of at least 4 members (excludes halogenated alkanes) is 32. The van der Waals surface area contributed by atoms with E-state index in [1.807, 2.05) is 21.1 Å². The van der Waals surface area contributed by atoms with Crippen molar-refractivity contribution in [1.82, 2.24) is 0 Å². The van der Waals surface area contributed by atoms with E-state index in [1.54, 1.807) is 0 Å². The maximum absolute atomic E-state index is 12.8. The summed E-state index contributed by atoms with van der Waals surface area (Å²) in [6.07, 6.45) is 71.4. The van der Waals surface area contributed by atoms with Crippen LogP contribution in [-0.2, 0) is 27.9 Å². The molecule has 0 rings (SSSR count). The minimum atomic E-state index is -4.29. The number of esters is 1. The Balaban J connectivity index is 4.07. The summed E-state index contributed by atoms with van der Waals surface area (Å²) in [7, 11) is 1.67. The summed E-state index contributed by atoms with van der Waals surface area (Å²) < 4.78 is 35.3. The van der Waals surface area contributed by atoms with Crippen molar-refractivity contribution in [2.75, 3.05) is 54.1 Å². The second-order valence-corrected chi connectivity index (χ2v) is 22.8. The van der Waals surface area contributed by atoms with Crippen molar-refractivity contribution in [2.24, 2.45) is 0 Å². The average Bonchev–Trinajstić information content (AvgIpc) is 3.33. The molecule has 416 valence electrons. The Bertz CT molecular complexity index is 1320. The van der Waals surface area contributed by atoms with Crippen LogP contribution in [0.25, 0.3) is 0 Å². The number of phosphoric acid groups is 1. The lowest BCUT2D eigenvalue weighted by molar-refractivity contribution is -0.870. The molecule has 0 saturated heterocycles. The molecule has 0 aliphatic rings. The minimum Gasteiger partial charge on any atom is -0.457 e. The third kappa shape index (κ3) is 59.0. The molecule has 71 heavy (non-hydrogen) atoms. The molecule has 0 amide bonds. The zero-order valence-corrected chi connectivity index (χ0v) is 48.4. The molecule has 0 bridgehead atoms. The van der Waals surface area contributed by atoms with E-state index >= 15 is 0 Å². The molecule has 2 atom stereocenters. The fraction of sp³-hybridized carbons (Fsp3) is 0.823. The second kappa shape index (κ2) is 54.5. The van der Waals surface area contributed by atoms with Crippen LogP contribution in [0.5, 0.6) is 0 Å². The van der Waals surface area contributed by atoms with E-state index < -0.39 is 13.9 Å². The smallest absolute Gasteiger partial charge is 0.457 e. The molecule has 2 unspecified atom stereocenters. The van der Waals surface area contributed by atoms with Gasteiger partial charge in [-0.1, -0.05) is 242 Å². The van der Waals surface area contributed by atoms with E-state index in [-0.39, 0.29) is 25.8 Å². The van der Waals surface area contributed by atoms with Gasteiger partial charge in [0.15, 0.2) is 0 Å². The van der Waals surface area contributed by atoms with Crippen LogP contribution in [0.15, 0.2) is 60.8 Å². The van der Waals surface area contributed by atoms with Gasteiger partial charge in [0, 0.05) is 13.0 Å². The Hall–Kier alpha value is -1.80. The van der Waals surface area contributed by atoms with Crippen LogP contribution in [0, 0.1) is 0 Å². The highest BCUT2D eigenvalue weighted by atomic mass is 31.2. The number of likely N-dealkylation sites (N-methyl/N-ethyl adjacent to an activating group) is 1. The van der Waals surface area contributed by atoms with Crippen molar-refractivity contribution < 1.29 is 37.3 Å². The van der Waals surface area contributed by atoms with Gasteiger partial charge in [-0.05, 0) is 83.5 Å². The second-order valence-electron chi connectivity index (χ2n) is 21.4. The zero-order chi connectivity index (χ0) is 51.9. The fourth-order valence-corrected chi connectivity index (χ4v) is 9.16. The van der Waals surface area contributed by atoms with E-state index in [2.05, 4.69) is 74.6 Å². The molecule has 0 saturated carbocycles. The number of nitrogens with zero attached hydrogens (tertiary/aromatic N) is 1. The number of ether oxygens (including phenoxy) is 2. The first-order chi connectivity index (χ1) is 34.6. The van der Waals surface area contributed by atoms with Gasteiger partial charge in [0.1, 0.15) is 19.3 Å². The third-order valence-electron chi connectivity index (χ3n) is 13.1. The van der Waals surface area contributed by atoms with E-state index in [9.17, 15) is 14.3 Å². The normalized spacial score (nSPS) is 13.8. The minimum absolute atomic E-state index is 0.0864. The lowest BCUT2D eigenvalue weighted by Crippen LogP contribution is -2.37. The van der Waals surface area contributed by atoms with E-state index in [1.165, 1.54) is 199 Å². The van der Waals surface area contributed by atoms with Gasteiger partial charge in [0.2, 0.25) is 0 Å². The molecule has 0 heterocycles. The predicted octanol–water partition coefficient (Wildman–Crippen LogP) is 19.2. The molecule has 0 aliphatic heterocycles. The molecule has 0 aliphatic carbocycles. The molecular formula is C62H117NO7P+. The Kier molecular flexibility index (Phi) is 53.1. The number of rotatable bonds is 56. The number of phosphoric ester groups is 1. The molecule has 0 aromatic rings. The van der Waals surface area contributed by atoms with Crippen molar-refractivity contribution in [1.29, 1.82) is 0 Å². The van der Waals surface area contributed by atoms with Crippen LogP contribution in [0.4, 0.5) is 0 Å². The van der Waals surface area contributed by atoms with Crippen LogP contribution in [0.2, 0.25) is 0 Å². The van der Waals surface area contributed by atoms with Gasteiger partial charge in [-0.3, -0.25) is 13.8 Å². The SMILES string of the molecule is CCCCCCC/C=C\C/C=C\C/C=C\CCCCCCCCCCCCCOCC(COP(=O)(O)OCC[N+](C)(C)C)OC(=O)CCCCCCCCCCCCC/C=C\C/C=C\CCCCCCC. The summed E-state index contributed by atoms with van der Waals surface area (Å²) in [5.74, 6) is -0.315. The molecule has 9 heteroatoms. The van der Waals surface area contributed by atoms with Gasteiger partial charge in [-0.2, -0.15) is 0 Å². The van der Waals surface area contributed by atoms with Crippen LogP contribution < -0.4 is 0 Å². The molecule has 0 radical (unpaired) electrons. The van der Waals surface area contributed by atoms with Gasteiger partial charge >= 0.3 is 13.8 Å². The number of allylic oxidation sites excluding steroid dienone is 10. The number of hydrogen-bond donors (Lipinski definition) is 1. The molecular weight excluding hydrogens is 902 g/mol. The monoisotopic (exact) mass is 1020 g/mol. The quantitative estimate of drug-likeness (QED) is 0.0213. The van der Waals surface area contributed by atoms with Gasteiger partial charge < -0.3 is 18.9 Å². The predicted molar refractivity (Wildman–Crippen MR) is 307 cm³/mol. The maximum atomic E-state index is 12.8. The summed E-state index contributed by atoms with van der Waals surface area (Å²) >= 11 is 0. The number of carbonyl (C=O) groups is 1. The molecule has 0 fully saturated rings. The molecule has 1 N–H and O–H groups in total. The van der Waals surface area contributed by atoms with Gasteiger partial charge in [0.25, 0.3) is 0 Å². The number of quaternary nitrogens is 1. The van der Waals surface area contributed by atoms with Gasteiger partial charge in [-0.25, -0.2) is 4.57 Å². The first-order valence-electron chi connectivity index (χ1n) is 30.0. The highest BCUT2D eigenvalue weighted by molar-refractivity contribution is 7.47. The molecule has 0 spiro atoms. The van der Waals surface area contributed by atoms with Crippen molar-refractivity contribution in [3.8, 4) is 0 Å². The van der Waals surface area contributed by atoms with E-state index in [0.717, 1.165) is 51.4 Å². The fourth-order valence-electron chi connectivity index (χ4n) is 8.42. The highest BCUT2D eigenvalue weighted by Gasteiger charge is 2.26. The van der Waals surface area contributed by atoms with E-state index in [4.69, 9.17) is 18.5 Å². The molecule has 0 aromatic carbocycles. The summed E-state index contributed by atoms with van der Waals surface area (Å²) in [5, 5.41) is 0. The van der Waals surface area contributed by atoms with Crippen molar-refractivity contribution in [2.45, 2.75) is 277 Å². The van der Waals surface area contributed by atoms with Crippen molar-refractivity contribution in [3.05, 3.63) is 60.8 Å². The third-order valence-corrected chi connectivity index (χ3v) is 14.0. The number of carbonyl (C=O) groups excluding carboxylic acids is 1. The van der Waals surface area contributed by atoms with Crippen LogP contribution in [0.1, 0.15) is 271 Å². The van der Waals surface area contributed by atoms with Crippen molar-refractivity contribution >= 4 is 13.8 Å².